The summed E-state index contributed by atoms with van der Waals surface area (Å²) in [5.74, 6) is -0.623. The number of carboxylic acids is 1. The molecule has 19 heavy (non-hydrogen) atoms. The molecular formula is C10H11N5O4. The lowest BCUT2D eigenvalue weighted by Gasteiger charge is -2.05. The van der Waals surface area contributed by atoms with Crippen LogP contribution in [0.15, 0.2) is 12.3 Å². The molecule has 0 aliphatic carbocycles. The molecule has 0 saturated heterocycles. The van der Waals surface area contributed by atoms with Gasteiger partial charge in [-0.2, -0.15) is 15.1 Å². The van der Waals surface area contributed by atoms with Crippen molar-refractivity contribution < 1.29 is 19.4 Å². The number of carbonyl (C=O) groups is 1. The van der Waals surface area contributed by atoms with E-state index in [-0.39, 0.29) is 29.1 Å². The molecule has 0 fully saturated rings. The van der Waals surface area contributed by atoms with Crippen LogP contribution in [0.3, 0.4) is 0 Å². The summed E-state index contributed by atoms with van der Waals surface area (Å²) in [7, 11) is 2.87. The van der Waals surface area contributed by atoms with Crippen molar-refractivity contribution in [3.8, 4) is 17.7 Å². The van der Waals surface area contributed by atoms with E-state index in [9.17, 15) is 4.79 Å². The molecule has 0 atom stereocenters. The zero-order chi connectivity index (χ0) is 14.0. The van der Waals surface area contributed by atoms with Gasteiger partial charge >= 0.3 is 5.97 Å². The molecule has 100 valence electrons. The second-order valence-electron chi connectivity index (χ2n) is 3.44. The number of rotatable bonds is 4. The summed E-state index contributed by atoms with van der Waals surface area (Å²) in [5.41, 5.74) is 5.28. The van der Waals surface area contributed by atoms with Gasteiger partial charge in [-0.3, -0.25) is 0 Å². The van der Waals surface area contributed by atoms with Crippen molar-refractivity contribution in [3.05, 3.63) is 18.0 Å². The molecule has 0 saturated carbocycles. The first-order valence-electron chi connectivity index (χ1n) is 5.11. The maximum atomic E-state index is 10.9. The Morgan fingerprint density at radius 1 is 1.32 bits per heavy atom. The number of nitrogen functional groups attached to an aromatic ring is 1. The average molecular weight is 265 g/mol. The molecule has 9 nitrogen and oxygen atoms in total. The molecule has 0 bridgehead atoms. The van der Waals surface area contributed by atoms with Gasteiger partial charge in [0.25, 0.3) is 5.95 Å². The molecule has 2 aromatic heterocycles. The largest absolute Gasteiger partial charge is 0.481 e. The van der Waals surface area contributed by atoms with Gasteiger partial charge in [0.15, 0.2) is 5.69 Å². The molecular weight excluding hydrogens is 254 g/mol. The number of anilines is 1. The van der Waals surface area contributed by atoms with E-state index in [2.05, 4.69) is 15.1 Å². The smallest absolute Gasteiger partial charge is 0.358 e. The number of hydrogen-bond donors (Lipinski definition) is 2. The molecule has 2 heterocycles. The Labute approximate surface area is 107 Å². The minimum Gasteiger partial charge on any atom is -0.481 e. The van der Waals surface area contributed by atoms with E-state index >= 15 is 0 Å². The summed E-state index contributed by atoms with van der Waals surface area (Å²) in [6, 6.07) is 1.48. The van der Waals surface area contributed by atoms with Crippen LogP contribution in [0.1, 0.15) is 10.5 Å². The van der Waals surface area contributed by atoms with Crippen LogP contribution in [0.2, 0.25) is 0 Å². The van der Waals surface area contributed by atoms with Gasteiger partial charge in [-0.15, -0.1) is 0 Å². The molecule has 0 spiro atoms. The second-order valence-corrected chi connectivity index (χ2v) is 3.44. The van der Waals surface area contributed by atoms with Crippen LogP contribution in [0.4, 0.5) is 5.69 Å². The van der Waals surface area contributed by atoms with Gasteiger partial charge < -0.3 is 20.3 Å². The number of aromatic nitrogens is 4. The van der Waals surface area contributed by atoms with E-state index in [1.807, 2.05) is 0 Å². The van der Waals surface area contributed by atoms with Crippen molar-refractivity contribution >= 4 is 11.7 Å². The van der Waals surface area contributed by atoms with Gasteiger partial charge in [-0.25, -0.2) is 9.48 Å². The third-order valence-electron chi connectivity index (χ3n) is 2.24. The fourth-order valence-corrected chi connectivity index (χ4v) is 1.36. The first-order valence-corrected chi connectivity index (χ1v) is 5.11. The van der Waals surface area contributed by atoms with Crippen molar-refractivity contribution in [2.24, 2.45) is 0 Å². The van der Waals surface area contributed by atoms with E-state index in [0.29, 0.717) is 0 Å². The molecule has 0 amide bonds. The number of aromatic carboxylic acids is 1. The predicted molar refractivity (Wildman–Crippen MR) is 63.6 cm³/mol. The Hall–Kier alpha value is -2.84. The van der Waals surface area contributed by atoms with Crippen molar-refractivity contribution in [1.29, 1.82) is 0 Å². The van der Waals surface area contributed by atoms with Crippen LogP contribution >= 0.6 is 0 Å². The van der Waals surface area contributed by atoms with Crippen molar-refractivity contribution in [3.63, 3.8) is 0 Å². The maximum Gasteiger partial charge on any atom is 0.358 e. The molecule has 0 radical (unpaired) electrons. The first kappa shape index (κ1) is 12.6. The summed E-state index contributed by atoms with van der Waals surface area (Å²) < 4.78 is 11.1. The Balaban J connectivity index is 2.51. The zero-order valence-electron chi connectivity index (χ0n) is 10.2. The SMILES string of the molecule is COc1cc(OC)nc(-n2cc(N)c(C(=O)O)n2)n1. The molecule has 2 rings (SSSR count). The third-order valence-corrected chi connectivity index (χ3v) is 2.24. The molecule has 3 N–H and O–H groups in total. The van der Waals surface area contributed by atoms with Crippen LogP contribution in [-0.4, -0.2) is 45.0 Å². The summed E-state index contributed by atoms with van der Waals surface area (Å²) >= 11 is 0. The quantitative estimate of drug-likeness (QED) is 0.788. The van der Waals surface area contributed by atoms with Gasteiger partial charge in [-0.1, -0.05) is 0 Å². The van der Waals surface area contributed by atoms with E-state index in [1.165, 1.54) is 26.5 Å². The molecule has 0 aliphatic heterocycles. The number of ether oxygens (including phenoxy) is 2. The van der Waals surface area contributed by atoms with E-state index < -0.39 is 5.97 Å². The van der Waals surface area contributed by atoms with Crippen LogP contribution in [0, 0.1) is 0 Å². The minimum absolute atomic E-state index is 0.0119. The highest BCUT2D eigenvalue weighted by molar-refractivity contribution is 5.91. The highest BCUT2D eigenvalue weighted by atomic mass is 16.5. The number of nitrogens with two attached hydrogens (primary N) is 1. The van der Waals surface area contributed by atoms with Crippen LogP contribution in [0.25, 0.3) is 5.95 Å². The lowest BCUT2D eigenvalue weighted by Crippen LogP contribution is -2.06. The lowest BCUT2D eigenvalue weighted by atomic mass is 10.4. The van der Waals surface area contributed by atoms with Gasteiger partial charge in [0.05, 0.1) is 32.2 Å². The topological polar surface area (TPSA) is 125 Å². The fourth-order valence-electron chi connectivity index (χ4n) is 1.36. The van der Waals surface area contributed by atoms with E-state index in [0.717, 1.165) is 4.68 Å². The second kappa shape index (κ2) is 4.80. The Bertz CT molecular complexity index is 602. The molecule has 2 aromatic rings. The van der Waals surface area contributed by atoms with Gasteiger partial charge in [0.2, 0.25) is 11.8 Å². The Morgan fingerprint density at radius 3 is 2.32 bits per heavy atom. The highest BCUT2D eigenvalue weighted by Crippen LogP contribution is 2.18. The summed E-state index contributed by atoms with van der Waals surface area (Å²) in [4.78, 5) is 18.9. The van der Waals surface area contributed by atoms with Gasteiger partial charge in [-0.05, 0) is 0 Å². The van der Waals surface area contributed by atoms with Gasteiger partial charge in [0, 0.05) is 0 Å². The molecule has 9 heteroatoms. The molecule has 0 unspecified atom stereocenters. The van der Waals surface area contributed by atoms with Crippen molar-refractivity contribution in [2.45, 2.75) is 0 Å². The van der Waals surface area contributed by atoms with Crippen LogP contribution in [-0.2, 0) is 0 Å². The predicted octanol–water partition coefficient (Wildman–Crippen LogP) is -0.0401. The summed E-state index contributed by atoms with van der Waals surface area (Å²) in [6.07, 6.45) is 1.30. The van der Waals surface area contributed by atoms with E-state index in [4.69, 9.17) is 20.3 Å². The third kappa shape index (κ3) is 2.39. The Morgan fingerprint density at radius 2 is 1.89 bits per heavy atom. The summed E-state index contributed by atoms with van der Waals surface area (Å²) in [6.45, 7) is 0. The number of methoxy groups -OCH3 is 2. The normalized spacial score (nSPS) is 10.2. The minimum atomic E-state index is -1.23. The maximum absolute atomic E-state index is 10.9. The van der Waals surface area contributed by atoms with Gasteiger partial charge in [0.1, 0.15) is 0 Å². The fraction of sp³-hybridized carbons (Fsp3) is 0.200. The van der Waals surface area contributed by atoms with Crippen molar-refractivity contribution in [2.75, 3.05) is 20.0 Å². The highest BCUT2D eigenvalue weighted by Gasteiger charge is 2.16. The van der Waals surface area contributed by atoms with Crippen molar-refractivity contribution in [1.82, 2.24) is 19.7 Å². The monoisotopic (exact) mass is 265 g/mol. The standard InChI is InChI=1S/C10H11N5O4/c1-18-6-3-7(19-2)13-10(12-6)15-4-5(11)8(14-15)9(16)17/h3-4H,11H2,1-2H3,(H,16,17). The number of hydrogen-bond acceptors (Lipinski definition) is 7. The number of carboxylic acid groups (broad SMARTS) is 1. The van der Waals surface area contributed by atoms with E-state index in [1.54, 1.807) is 0 Å². The lowest BCUT2D eigenvalue weighted by molar-refractivity contribution is 0.0691. The average Bonchev–Trinajstić information content (AvgIpc) is 2.80. The summed E-state index contributed by atoms with van der Waals surface area (Å²) in [5, 5.41) is 12.7. The number of nitrogens with zero attached hydrogens (tertiary/aromatic N) is 4. The zero-order valence-corrected chi connectivity index (χ0v) is 10.2. The Kier molecular flexibility index (Phi) is 3.19. The molecule has 0 aliphatic rings. The molecule has 0 aromatic carbocycles. The first-order chi connectivity index (χ1) is 9.05. The van der Waals surface area contributed by atoms with Crippen LogP contribution in [0.5, 0.6) is 11.8 Å². The van der Waals surface area contributed by atoms with Crippen LogP contribution < -0.4 is 15.2 Å².